The molecule has 5 nitrogen and oxygen atoms in total. The highest BCUT2D eigenvalue weighted by Crippen LogP contribution is 2.34. The molecule has 3 rings (SSSR count). The molecule has 0 saturated heterocycles. The highest BCUT2D eigenvalue weighted by molar-refractivity contribution is 6.38. The van der Waals surface area contributed by atoms with Crippen molar-refractivity contribution in [1.29, 1.82) is 0 Å². The molecule has 21 heavy (non-hydrogen) atoms. The first-order valence-electron chi connectivity index (χ1n) is 5.71. The van der Waals surface area contributed by atoms with Crippen molar-refractivity contribution in [2.75, 3.05) is 0 Å². The van der Waals surface area contributed by atoms with Gasteiger partial charge in [0.1, 0.15) is 21.7 Å². The van der Waals surface area contributed by atoms with E-state index >= 15 is 0 Å². The Morgan fingerprint density at radius 1 is 1.33 bits per heavy atom. The molecule has 0 saturated carbocycles. The van der Waals surface area contributed by atoms with Crippen LogP contribution in [0.5, 0.6) is 0 Å². The van der Waals surface area contributed by atoms with Crippen molar-refractivity contribution in [2.24, 2.45) is 0 Å². The molecule has 106 valence electrons. The number of carbonyl (C=O) groups is 1. The van der Waals surface area contributed by atoms with Gasteiger partial charge >= 0.3 is 5.97 Å². The third kappa shape index (κ3) is 2.22. The lowest BCUT2D eigenvalue weighted by atomic mass is 10.1. The number of benzene rings is 1. The van der Waals surface area contributed by atoms with Crippen LogP contribution in [0.1, 0.15) is 10.4 Å². The summed E-state index contributed by atoms with van der Waals surface area (Å²) in [6.07, 6.45) is 1.13. The molecule has 1 N–H and O–H groups in total. The van der Waals surface area contributed by atoms with Gasteiger partial charge in [0.2, 0.25) is 0 Å². The van der Waals surface area contributed by atoms with Crippen LogP contribution in [0, 0.1) is 5.82 Å². The molecule has 2 heterocycles. The SMILES string of the molecule is O=C(O)c1cnn2c(Cl)c(-c3cccc(F)c3)c(Cl)nc12. The Bertz CT molecular complexity index is 879. The molecule has 0 bridgehead atoms. The molecule has 1 aromatic carbocycles. The van der Waals surface area contributed by atoms with Crippen molar-refractivity contribution >= 4 is 34.8 Å². The van der Waals surface area contributed by atoms with E-state index in [0.29, 0.717) is 5.56 Å². The van der Waals surface area contributed by atoms with E-state index < -0.39 is 11.8 Å². The van der Waals surface area contributed by atoms with Crippen LogP contribution in [0.3, 0.4) is 0 Å². The minimum absolute atomic E-state index is 0.0256. The number of hydrogen-bond donors (Lipinski definition) is 1. The summed E-state index contributed by atoms with van der Waals surface area (Å²) in [5.41, 5.74) is 0.611. The van der Waals surface area contributed by atoms with Crippen LogP contribution in [0.15, 0.2) is 30.5 Å². The standard InChI is InChI=1S/C13H6Cl2FN3O2/c14-10-9(6-2-1-3-7(16)4-6)11(15)19-12(18-10)8(5-17-19)13(20)21/h1-5H,(H,20,21). The molecule has 0 spiro atoms. The normalized spacial score (nSPS) is 11.0. The van der Waals surface area contributed by atoms with Crippen LogP contribution in [0.4, 0.5) is 4.39 Å². The van der Waals surface area contributed by atoms with Crippen molar-refractivity contribution in [1.82, 2.24) is 14.6 Å². The van der Waals surface area contributed by atoms with Gasteiger partial charge in [-0.25, -0.2) is 18.7 Å². The fraction of sp³-hybridized carbons (Fsp3) is 0. The van der Waals surface area contributed by atoms with Gasteiger partial charge in [-0.1, -0.05) is 35.3 Å². The zero-order valence-electron chi connectivity index (χ0n) is 10.2. The van der Waals surface area contributed by atoms with Crippen LogP contribution >= 0.6 is 23.2 Å². The van der Waals surface area contributed by atoms with Gasteiger partial charge in [0.15, 0.2) is 5.65 Å². The largest absolute Gasteiger partial charge is 0.477 e. The number of carboxylic acid groups (broad SMARTS) is 1. The predicted molar refractivity (Wildman–Crippen MR) is 75.4 cm³/mol. The molecule has 0 atom stereocenters. The Morgan fingerprint density at radius 2 is 2.10 bits per heavy atom. The first-order valence-corrected chi connectivity index (χ1v) is 6.46. The van der Waals surface area contributed by atoms with Gasteiger partial charge < -0.3 is 5.11 Å². The van der Waals surface area contributed by atoms with Gasteiger partial charge in [0.25, 0.3) is 0 Å². The number of carboxylic acids is 1. The van der Waals surface area contributed by atoms with Crippen molar-refractivity contribution in [3.63, 3.8) is 0 Å². The average molecular weight is 326 g/mol. The summed E-state index contributed by atoms with van der Waals surface area (Å²) in [6.45, 7) is 0. The molecule has 3 aromatic rings. The third-order valence-corrected chi connectivity index (χ3v) is 3.51. The molecule has 0 fully saturated rings. The van der Waals surface area contributed by atoms with E-state index in [1.54, 1.807) is 6.07 Å². The summed E-state index contributed by atoms with van der Waals surface area (Å²) >= 11 is 12.3. The molecule has 0 aliphatic rings. The van der Waals surface area contributed by atoms with E-state index in [2.05, 4.69) is 10.1 Å². The van der Waals surface area contributed by atoms with Gasteiger partial charge in [0, 0.05) is 0 Å². The number of nitrogens with zero attached hydrogens (tertiary/aromatic N) is 3. The number of hydrogen-bond acceptors (Lipinski definition) is 3. The van der Waals surface area contributed by atoms with Crippen LogP contribution in [-0.4, -0.2) is 25.7 Å². The van der Waals surface area contributed by atoms with Gasteiger partial charge in [-0.2, -0.15) is 5.10 Å². The van der Waals surface area contributed by atoms with Gasteiger partial charge in [-0.05, 0) is 17.7 Å². The fourth-order valence-electron chi connectivity index (χ4n) is 1.97. The highest BCUT2D eigenvalue weighted by Gasteiger charge is 2.20. The number of rotatable bonds is 2. The van der Waals surface area contributed by atoms with Crippen LogP contribution < -0.4 is 0 Å². The van der Waals surface area contributed by atoms with Crippen molar-refractivity contribution in [3.05, 3.63) is 52.1 Å². The van der Waals surface area contributed by atoms with E-state index in [9.17, 15) is 9.18 Å². The monoisotopic (exact) mass is 325 g/mol. The number of aromatic carboxylic acids is 1. The Morgan fingerprint density at radius 3 is 2.76 bits per heavy atom. The van der Waals surface area contributed by atoms with Crippen molar-refractivity contribution in [3.8, 4) is 11.1 Å². The second kappa shape index (κ2) is 4.98. The molecule has 2 aromatic heterocycles. The summed E-state index contributed by atoms with van der Waals surface area (Å²) in [7, 11) is 0. The number of aromatic nitrogens is 3. The molecular weight excluding hydrogens is 320 g/mol. The quantitative estimate of drug-likeness (QED) is 0.732. The smallest absolute Gasteiger partial charge is 0.341 e. The third-order valence-electron chi connectivity index (χ3n) is 2.89. The summed E-state index contributed by atoms with van der Waals surface area (Å²) < 4.78 is 14.5. The summed E-state index contributed by atoms with van der Waals surface area (Å²) in [5, 5.41) is 13.0. The zero-order chi connectivity index (χ0) is 15.1. The summed E-state index contributed by atoms with van der Waals surface area (Å²) in [6, 6.07) is 5.66. The topological polar surface area (TPSA) is 67.5 Å². The minimum atomic E-state index is -1.19. The van der Waals surface area contributed by atoms with Crippen LogP contribution in [0.2, 0.25) is 10.3 Å². The number of halogens is 3. The first-order chi connectivity index (χ1) is 9.99. The van der Waals surface area contributed by atoms with Gasteiger partial charge in [-0.15, -0.1) is 0 Å². The lowest BCUT2D eigenvalue weighted by Crippen LogP contribution is -2.01. The first kappa shape index (κ1) is 13.8. The van der Waals surface area contributed by atoms with Crippen LogP contribution in [-0.2, 0) is 0 Å². The Kier molecular flexibility index (Phi) is 3.27. The Hall–Kier alpha value is -2.18. The van der Waals surface area contributed by atoms with Crippen LogP contribution in [0.25, 0.3) is 16.8 Å². The maximum Gasteiger partial charge on any atom is 0.341 e. The summed E-state index contributed by atoms with van der Waals surface area (Å²) in [4.78, 5) is 15.1. The second-order valence-electron chi connectivity index (χ2n) is 4.18. The van der Waals surface area contributed by atoms with Gasteiger partial charge in [0.05, 0.1) is 11.8 Å². The maximum atomic E-state index is 13.3. The highest BCUT2D eigenvalue weighted by atomic mass is 35.5. The lowest BCUT2D eigenvalue weighted by Gasteiger charge is -2.08. The average Bonchev–Trinajstić information content (AvgIpc) is 2.82. The second-order valence-corrected chi connectivity index (χ2v) is 4.89. The van der Waals surface area contributed by atoms with E-state index in [4.69, 9.17) is 28.3 Å². The summed E-state index contributed by atoms with van der Waals surface area (Å²) in [5.74, 6) is -1.64. The fourth-order valence-corrected chi connectivity index (χ4v) is 2.62. The molecule has 0 radical (unpaired) electrons. The van der Waals surface area contributed by atoms with Crippen molar-refractivity contribution < 1.29 is 14.3 Å². The molecule has 0 unspecified atom stereocenters. The predicted octanol–water partition coefficient (Wildman–Crippen LogP) is 3.54. The molecule has 0 aliphatic carbocycles. The molecular formula is C13H6Cl2FN3O2. The maximum absolute atomic E-state index is 13.3. The van der Waals surface area contributed by atoms with Crippen molar-refractivity contribution in [2.45, 2.75) is 0 Å². The minimum Gasteiger partial charge on any atom is -0.477 e. The Labute approximate surface area is 127 Å². The van der Waals surface area contributed by atoms with E-state index in [-0.39, 0.29) is 27.1 Å². The molecule has 0 amide bonds. The van der Waals surface area contributed by atoms with E-state index in [1.807, 2.05) is 0 Å². The molecule has 8 heteroatoms. The Balaban J connectivity index is 2.33. The number of fused-ring (bicyclic) bond motifs is 1. The zero-order valence-corrected chi connectivity index (χ0v) is 11.7. The van der Waals surface area contributed by atoms with E-state index in [0.717, 1.165) is 10.7 Å². The van der Waals surface area contributed by atoms with E-state index in [1.165, 1.54) is 18.2 Å². The lowest BCUT2D eigenvalue weighted by molar-refractivity contribution is 0.0699. The molecule has 0 aliphatic heterocycles. The van der Waals surface area contributed by atoms with Gasteiger partial charge in [-0.3, -0.25) is 0 Å².